The Kier molecular flexibility index (Phi) is 10.9. The molecule has 5 rings (SSSR count). The Balaban J connectivity index is 1.38. The van der Waals surface area contributed by atoms with Crippen LogP contribution in [0.4, 0.5) is 0 Å². The van der Waals surface area contributed by atoms with Crippen molar-refractivity contribution in [2.75, 3.05) is 13.1 Å². The number of halogens is 2. The molecule has 1 atom stereocenters. The number of sulfonamides is 1. The van der Waals surface area contributed by atoms with E-state index in [9.17, 15) is 18.0 Å². The van der Waals surface area contributed by atoms with Crippen molar-refractivity contribution >= 4 is 45.0 Å². The fraction of sp³-hybridized carbons (Fsp3) is 0.257. The number of nitrogens with one attached hydrogen (secondary N) is 1. The van der Waals surface area contributed by atoms with E-state index >= 15 is 0 Å². The van der Waals surface area contributed by atoms with Gasteiger partial charge in [0.1, 0.15) is 6.04 Å². The standard InChI is InChI=1S/C35H35Cl2N3O4S/c36-30-17-12-27(13-18-30)25-40(33(41)21-16-26-14-19-31(20-15-26)45(43,44)39-22-6-7-23-39)34(28-8-2-1-3-9-28)35(42)38-24-29-10-4-5-11-32(29)37/h1-5,8-15,17-20,34H,6-7,16,21-25H2,(H,38,42). The third-order valence-corrected chi connectivity index (χ3v) is 10.5. The van der Waals surface area contributed by atoms with Crippen molar-refractivity contribution in [3.05, 3.63) is 135 Å². The Labute approximate surface area is 274 Å². The van der Waals surface area contributed by atoms with Crippen LogP contribution >= 0.6 is 23.2 Å². The lowest BCUT2D eigenvalue weighted by molar-refractivity contribution is -0.141. The van der Waals surface area contributed by atoms with Crippen molar-refractivity contribution < 1.29 is 18.0 Å². The smallest absolute Gasteiger partial charge is 0.247 e. The molecule has 1 heterocycles. The molecule has 1 fully saturated rings. The van der Waals surface area contributed by atoms with Gasteiger partial charge in [0.25, 0.3) is 0 Å². The summed E-state index contributed by atoms with van der Waals surface area (Å²) in [5.74, 6) is -0.555. The summed E-state index contributed by atoms with van der Waals surface area (Å²) in [5.41, 5.74) is 3.09. The minimum atomic E-state index is -3.52. The molecule has 7 nitrogen and oxygen atoms in total. The number of amides is 2. The summed E-state index contributed by atoms with van der Waals surface area (Å²) < 4.78 is 27.4. The maximum Gasteiger partial charge on any atom is 0.247 e. The summed E-state index contributed by atoms with van der Waals surface area (Å²) >= 11 is 12.5. The molecule has 0 aromatic heterocycles. The molecule has 0 aliphatic carbocycles. The predicted molar refractivity (Wildman–Crippen MR) is 177 cm³/mol. The third-order valence-electron chi connectivity index (χ3n) is 7.93. The zero-order valence-electron chi connectivity index (χ0n) is 24.7. The monoisotopic (exact) mass is 663 g/mol. The molecule has 45 heavy (non-hydrogen) atoms. The number of hydrogen-bond acceptors (Lipinski definition) is 4. The van der Waals surface area contributed by atoms with E-state index in [-0.39, 0.29) is 36.2 Å². The van der Waals surface area contributed by atoms with E-state index in [4.69, 9.17) is 23.2 Å². The Bertz CT molecular complexity index is 1710. The van der Waals surface area contributed by atoms with E-state index in [0.717, 1.165) is 29.5 Å². The van der Waals surface area contributed by atoms with Gasteiger partial charge in [0.05, 0.1) is 4.90 Å². The minimum Gasteiger partial charge on any atom is -0.350 e. The van der Waals surface area contributed by atoms with Crippen LogP contribution < -0.4 is 5.32 Å². The van der Waals surface area contributed by atoms with Gasteiger partial charge in [-0.2, -0.15) is 4.31 Å². The molecule has 4 aromatic carbocycles. The van der Waals surface area contributed by atoms with Gasteiger partial charge in [-0.25, -0.2) is 8.42 Å². The second-order valence-electron chi connectivity index (χ2n) is 11.0. The summed E-state index contributed by atoms with van der Waals surface area (Å²) in [5, 5.41) is 4.10. The first-order chi connectivity index (χ1) is 21.7. The molecule has 0 radical (unpaired) electrons. The van der Waals surface area contributed by atoms with Crippen LogP contribution in [-0.4, -0.2) is 42.5 Å². The van der Waals surface area contributed by atoms with Gasteiger partial charge in [-0.3, -0.25) is 9.59 Å². The summed E-state index contributed by atoms with van der Waals surface area (Å²) in [6.07, 6.45) is 2.23. The summed E-state index contributed by atoms with van der Waals surface area (Å²) in [6, 6.07) is 29.5. The number of carbonyl (C=O) groups is 2. The molecule has 1 unspecified atom stereocenters. The third kappa shape index (κ3) is 8.32. The molecular formula is C35H35Cl2N3O4S. The lowest BCUT2D eigenvalue weighted by Crippen LogP contribution is -2.43. The predicted octanol–water partition coefficient (Wildman–Crippen LogP) is 6.80. The fourth-order valence-corrected chi connectivity index (χ4v) is 7.29. The van der Waals surface area contributed by atoms with Crippen LogP contribution in [0.1, 0.15) is 47.6 Å². The highest BCUT2D eigenvalue weighted by Gasteiger charge is 2.32. The van der Waals surface area contributed by atoms with E-state index < -0.39 is 16.1 Å². The van der Waals surface area contributed by atoms with Gasteiger partial charge in [0.15, 0.2) is 0 Å². The lowest BCUT2D eigenvalue weighted by atomic mass is 10.0. The van der Waals surface area contributed by atoms with Crippen molar-refractivity contribution in [3.8, 4) is 0 Å². The maximum absolute atomic E-state index is 14.0. The number of nitrogens with zero attached hydrogens (tertiary/aromatic N) is 2. The first-order valence-corrected chi connectivity index (χ1v) is 17.1. The topological polar surface area (TPSA) is 86.8 Å². The molecule has 2 amide bonds. The molecule has 0 saturated carbocycles. The van der Waals surface area contributed by atoms with E-state index in [0.29, 0.717) is 35.1 Å². The van der Waals surface area contributed by atoms with Crippen LogP contribution in [0.25, 0.3) is 0 Å². The van der Waals surface area contributed by atoms with E-state index in [1.54, 1.807) is 47.4 Å². The molecule has 1 aliphatic heterocycles. The number of carbonyl (C=O) groups excluding carboxylic acids is 2. The highest BCUT2D eigenvalue weighted by atomic mass is 35.5. The van der Waals surface area contributed by atoms with Crippen molar-refractivity contribution in [1.82, 2.24) is 14.5 Å². The molecule has 1 aliphatic rings. The number of aryl methyl sites for hydroxylation is 1. The molecule has 10 heteroatoms. The van der Waals surface area contributed by atoms with Crippen molar-refractivity contribution in [1.29, 1.82) is 0 Å². The van der Waals surface area contributed by atoms with Gasteiger partial charge in [-0.1, -0.05) is 96.0 Å². The van der Waals surface area contributed by atoms with Crippen molar-refractivity contribution in [2.24, 2.45) is 0 Å². The van der Waals surface area contributed by atoms with Crippen LogP contribution in [0.3, 0.4) is 0 Å². The Morgan fingerprint density at radius 3 is 2.09 bits per heavy atom. The molecule has 0 bridgehead atoms. The number of hydrogen-bond donors (Lipinski definition) is 1. The second-order valence-corrected chi connectivity index (χ2v) is 13.8. The fourth-order valence-electron chi connectivity index (χ4n) is 5.44. The largest absolute Gasteiger partial charge is 0.350 e. The molecular weight excluding hydrogens is 629 g/mol. The lowest BCUT2D eigenvalue weighted by Gasteiger charge is -2.32. The van der Waals surface area contributed by atoms with Crippen molar-refractivity contribution in [2.45, 2.75) is 49.7 Å². The van der Waals surface area contributed by atoms with Gasteiger partial charge < -0.3 is 10.2 Å². The summed E-state index contributed by atoms with van der Waals surface area (Å²) in [6.45, 7) is 1.47. The van der Waals surface area contributed by atoms with E-state index in [1.807, 2.05) is 60.7 Å². The minimum absolute atomic E-state index is 0.118. The average Bonchev–Trinajstić information content (AvgIpc) is 3.61. The summed E-state index contributed by atoms with van der Waals surface area (Å²) in [7, 11) is -3.52. The molecule has 234 valence electrons. The first-order valence-electron chi connectivity index (χ1n) is 14.9. The quantitative estimate of drug-likeness (QED) is 0.181. The SMILES string of the molecule is O=C(NCc1ccccc1Cl)C(c1ccccc1)N(Cc1ccc(Cl)cc1)C(=O)CCc1ccc(S(=O)(=O)N2CCCC2)cc1. The van der Waals surface area contributed by atoms with E-state index in [2.05, 4.69) is 5.32 Å². The highest BCUT2D eigenvalue weighted by Crippen LogP contribution is 2.27. The Hall–Kier alpha value is -3.69. The van der Waals surface area contributed by atoms with Gasteiger partial charge in [0.2, 0.25) is 21.8 Å². The second kappa shape index (κ2) is 15.1. The maximum atomic E-state index is 14.0. The van der Waals surface area contributed by atoms with Gasteiger partial charge in [-0.15, -0.1) is 0 Å². The molecule has 1 saturated heterocycles. The number of benzene rings is 4. The Morgan fingerprint density at radius 1 is 0.800 bits per heavy atom. The molecule has 4 aromatic rings. The zero-order chi connectivity index (χ0) is 31.8. The Morgan fingerprint density at radius 2 is 1.42 bits per heavy atom. The zero-order valence-corrected chi connectivity index (χ0v) is 27.1. The molecule has 0 spiro atoms. The van der Waals surface area contributed by atoms with Gasteiger partial charge in [0, 0.05) is 42.6 Å². The first kappa shape index (κ1) is 32.7. The average molecular weight is 665 g/mol. The number of rotatable bonds is 12. The van der Waals surface area contributed by atoms with E-state index in [1.165, 1.54) is 4.31 Å². The van der Waals surface area contributed by atoms with Crippen molar-refractivity contribution in [3.63, 3.8) is 0 Å². The highest BCUT2D eigenvalue weighted by molar-refractivity contribution is 7.89. The molecule has 1 N–H and O–H groups in total. The van der Waals surface area contributed by atoms with Crippen LogP contribution in [0.5, 0.6) is 0 Å². The summed E-state index contributed by atoms with van der Waals surface area (Å²) in [4.78, 5) is 29.8. The van der Waals surface area contributed by atoms with Crippen LogP contribution in [0.2, 0.25) is 10.0 Å². The van der Waals surface area contributed by atoms with Crippen LogP contribution in [-0.2, 0) is 39.1 Å². The van der Waals surface area contributed by atoms with Crippen LogP contribution in [0.15, 0.2) is 108 Å². The van der Waals surface area contributed by atoms with Gasteiger partial charge >= 0.3 is 0 Å². The van der Waals surface area contributed by atoms with Gasteiger partial charge in [-0.05, 0) is 71.8 Å². The van der Waals surface area contributed by atoms with Crippen LogP contribution in [0, 0.1) is 0 Å². The normalized spacial score (nSPS) is 14.2.